The van der Waals surface area contributed by atoms with Crippen molar-refractivity contribution in [3.63, 3.8) is 0 Å². The van der Waals surface area contributed by atoms with Crippen LogP contribution in [0.3, 0.4) is 0 Å². The molecule has 0 unspecified atom stereocenters. The molecule has 0 saturated heterocycles. The highest BCUT2D eigenvalue weighted by atomic mass is 32.1. The summed E-state index contributed by atoms with van der Waals surface area (Å²) in [5.74, 6) is -0.840. The maximum absolute atomic E-state index is 10.8. The molecule has 1 aliphatic carbocycles. The fourth-order valence-corrected chi connectivity index (χ4v) is 4.19. The third-order valence-electron chi connectivity index (χ3n) is 4.71. The van der Waals surface area contributed by atoms with Crippen LogP contribution in [0.1, 0.15) is 43.4 Å². The predicted octanol–water partition coefficient (Wildman–Crippen LogP) is 4.20. The van der Waals surface area contributed by atoms with Crippen LogP contribution in [0, 0.1) is 0 Å². The second-order valence-electron chi connectivity index (χ2n) is 6.62. The summed E-state index contributed by atoms with van der Waals surface area (Å²) in [5.41, 5.74) is 3.00. The number of nitrogens with zero attached hydrogens (tertiary/aromatic N) is 2. The molecular weight excluding hydrogens is 320 g/mol. The predicted molar refractivity (Wildman–Crippen MR) is 97.2 cm³/mol. The van der Waals surface area contributed by atoms with Gasteiger partial charge in [-0.15, -0.1) is 11.3 Å². The summed E-state index contributed by atoms with van der Waals surface area (Å²) in [7, 11) is 2.23. The van der Waals surface area contributed by atoms with E-state index in [9.17, 15) is 4.79 Å². The van der Waals surface area contributed by atoms with Crippen molar-refractivity contribution in [3.8, 4) is 10.6 Å². The molecule has 1 aromatic carbocycles. The first-order chi connectivity index (χ1) is 11.6. The number of aromatic nitrogens is 1. The number of carboxylic acids is 1. The van der Waals surface area contributed by atoms with E-state index >= 15 is 0 Å². The van der Waals surface area contributed by atoms with Gasteiger partial charge in [0.05, 0.1) is 12.1 Å². The number of carbonyl (C=O) groups is 1. The van der Waals surface area contributed by atoms with Crippen molar-refractivity contribution in [1.29, 1.82) is 0 Å². The molecule has 0 atom stereocenters. The molecule has 24 heavy (non-hydrogen) atoms. The lowest BCUT2D eigenvalue weighted by atomic mass is 9.94. The molecule has 128 valence electrons. The summed E-state index contributed by atoms with van der Waals surface area (Å²) < 4.78 is 0. The van der Waals surface area contributed by atoms with E-state index in [-0.39, 0.29) is 6.42 Å². The van der Waals surface area contributed by atoms with Crippen LogP contribution in [0.15, 0.2) is 29.6 Å². The molecule has 0 radical (unpaired) electrons. The topological polar surface area (TPSA) is 53.4 Å². The highest BCUT2D eigenvalue weighted by molar-refractivity contribution is 7.13. The highest BCUT2D eigenvalue weighted by Gasteiger charge is 2.18. The number of benzene rings is 1. The number of rotatable bonds is 6. The van der Waals surface area contributed by atoms with Crippen LogP contribution < -0.4 is 0 Å². The van der Waals surface area contributed by atoms with Gasteiger partial charge in [0.15, 0.2) is 0 Å². The third-order valence-corrected chi connectivity index (χ3v) is 5.66. The van der Waals surface area contributed by atoms with Crippen LogP contribution in [0.4, 0.5) is 0 Å². The van der Waals surface area contributed by atoms with Gasteiger partial charge in [0.1, 0.15) is 5.01 Å². The van der Waals surface area contributed by atoms with Crippen LogP contribution in [0.25, 0.3) is 10.6 Å². The third kappa shape index (κ3) is 4.42. The standard InChI is InChI=1S/C19H24N2O2S/c1-21(17-5-3-2-4-6-17)12-14-7-9-15(10-8-14)19-20-16(13-24-19)11-18(22)23/h7-10,13,17H,2-6,11-12H2,1H3,(H,22,23). The van der Waals surface area contributed by atoms with E-state index in [0.29, 0.717) is 5.69 Å². The van der Waals surface area contributed by atoms with E-state index in [1.54, 1.807) is 0 Å². The monoisotopic (exact) mass is 344 g/mol. The number of aliphatic carboxylic acids is 1. The Kier molecular flexibility index (Phi) is 5.63. The van der Waals surface area contributed by atoms with Crippen LogP contribution in [-0.4, -0.2) is 34.0 Å². The summed E-state index contributed by atoms with van der Waals surface area (Å²) in [5, 5.41) is 11.5. The Morgan fingerprint density at radius 3 is 2.62 bits per heavy atom. The molecule has 1 aliphatic rings. The van der Waals surface area contributed by atoms with Gasteiger partial charge in [0.25, 0.3) is 0 Å². The minimum absolute atomic E-state index is 0.0131. The molecule has 1 fully saturated rings. The lowest BCUT2D eigenvalue weighted by Gasteiger charge is -2.31. The molecule has 4 nitrogen and oxygen atoms in total. The zero-order chi connectivity index (χ0) is 16.9. The molecule has 1 N–H and O–H groups in total. The van der Waals surface area contributed by atoms with Gasteiger partial charge in [0, 0.05) is 23.5 Å². The smallest absolute Gasteiger partial charge is 0.309 e. The molecule has 3 rings (SSSR count). The largest absolute Gasteiger partial charge is 0.481 e. The van der Waals surface area contributed by atoms with E-state index < -0.39 is 5.97 Å². The number of hydrogen-bond acceptors (Lipinski definition) is 4. The molecule has 0 spiro atoms. The van der Waals surface area contributed by atoms with E-state index in [2.05, 4.69) is 41.2 Å². The number of carboxylic acid groups (broad SMARTS) is 1. The van der Waals surface area contributed by atoms with Gasteiger partial charge >= 0.3 is 5.97 Å². The average Bonchev–Trinajstić information content (AvgIpc) is 3.04. The second-order valence-corrected chi connectivity index (χ2v) is 7.48. The Morgan fingerprint density at radius 1 is 1.25 bits per heavy atom. The van der Waals surface area contributed by atoms with Crippen molar-refractivity contribution in [2.75, 3.05) is 7.05 Å². The fourth-order valence-electron chi connectivity index (χ4n) is 3.37. The Balaban J connectivity index is 1.62. The molecule has 1 aromatic heterocycles. The van der Waals surface area contributed by atoms with Crippen molar-refractivity contribution in [3.05, 3.63) is 40.9 Å². The molecule has 5 heteroatoms. The first-order valence-corrected chi connectivity index (χ1v) is 9.45. The van der Waals surface area contributed by atoms with Crippen molar-refractivity contribution in [1.82, 2.24) is 9.88 Å². The van der Waals surface area contributed by atoms with Crippen LogP contribution in [-0.2, 0) is 17.8 Å². The van der Waals surface area contributed by atoms with Gasteiger partial charge in [0.2, 0.25) is 0 Å². The van der Waals surface area contributed by atoms with Crippen LogP contribution in [0.5, 0.6) is 0 Å². The minimum Gasteiger partial charge on any atom is -0.481 e. The van der Waals surface area contributed by atoms with Crippen LogP contribution in [0.2, 0.25) is 0 Å². The molecule has 0 aliphatic heterocycles. The molecule has 0 amide bonds. The SMILES string of the molecule is CN(Cc1ccc(-c2nc(CC(=O)O)cs2)cc1)C1CCCCC1. The number of thiazole rings is 1. The molecule has 1 heterocycles. The molecule has 2 aromatic rings. The minimum atomic E-state index is -0.840. The Bertz CT molecular complexity index is 675. The Morgan fingerprint density at radius 2 is 1.96 bits per heavy atom. The summed E-state index contributed by atoms with van der Waals surface area (Å²) in [6.45, 7) is 0.979. The Labute approximate surface area is 147 Å². The normalized spacial score (nSPS) is 15.8. The van der Waals surface area contributed by atoms with Crippen molar-refractivity contribution in [2.45, 2.75) is 51.1 Å². The van der Waals surface area contributed by atoms with E-state index in [1.807, 2.05) is 5.38 Å². The van der Waals surface area contributed by atoms with Gasteiger partial charge in [-0.1, -0.05) is 43.5 Å². The van der Waals surface area contributed by atoms with Gasteiger partial charge < -0.3 is 5.11 Å². The quantitative estimate of drug-likeness (QED) is 0.853. The van der Waals surface area contributed by atoms with Gasteiger partial charge in [-0.2, -0.15) is 0 Å². The van der Waals surface area contributed by atoms with E-state index in [1.165, 1.54) is 49.0 Å². The zero-order valence-electron chi connectivity index (χ0n) is 14.1. The van der Waals surface area contributed by atoms with Crippen LogP contribution >= 0.6 is 11.3 Å². The Hall–Kier alpha value is -1.72. The maximum Gasteiger partial charge on any atom is 0.309 e. The number of hydrogen-bond donors (Lipinski definition) is 1. The summed E-state index contributed by atoms with van der Waals surface area (Å²) >= 11 is 1.50. The average molecular weight is 344 g/mol. The highest BCUT2D eigenvalue weighted by Crippen LogP contribution is 2.26. The van der Waals surface area contributed by atoms with E-state index in [4.69, 9.17) is 5.11 Å². The van der Waals surface area contributed by atoms with Crippen molar-refractivity contribution >= 4 is 17.3 Å². The molecular formula is C19H24N2O2S. The zero-order valence-corrected chi connectivity index (χ0v) is 14.9. The second kappa shape index (κ2) is 7.90. The first-order valence-electron chi connectivity index (χ1n) is 8.57. The van der Waals surface area contributed by atoms with Gasteiger partial charge in [-0.3, -0.25) is 9.69 Å². The molecule has 1 saturated carbocycles. The van der Waals surface area contributed by atoms with Gasteiger partial charge in [-0.25, -0.2) is 4.98 Å². The lowest BCUT2D eigenvalue weighted by Crippen LogP contribution is -2.32. The lowest BCUT2D eigenvalue weighted by molar-refractivity contribution is -0.136. The van der Waals surface area contributed by atoms with Crippen molar-refractivity contribution < 1.29 is 9.90 Å². The first kappa shape index (κ1) is 17.1. The summed E-state index contributed by atoms with van der Waals surface area (Å²) in [6, 6.07) is 9.22. The molecule has 0 bridgehead atoms. The van der Waals surface area contributed by atoms with Gasteiger partial charge in [-0.05, 0) is 25.5 Å². The summed E-state index contributed by atoms with van der Waals surface area (Å²) in [6.07, 6.45) is 6.73. The fraction of sp³-hybridized carbons (Fsp3) is 0.474. The summed E-state index contributed by atoms with van der Waals surface area (Å²) in [4.78, 5) is 17.6. The maximum atomic E-state index is 10.8. The van der Waals surface area contributed by atoms with Crippen molar-refractivity contribution in [2.24, 2.45) is 0 Å². The van der Waals surface area contributed by atoms with E-state index in [0.717, 1.165) is 23.2 Å².